The minimum Gasteiger partial charge on any atom is -0.476 e. The molecule has 1 unspecified atom stereocenters. The van der Waals surface area contributed by atoms with E-state index in [1.165, 1.54) is 30.3 Å². The molecule has 1 amide bonds. The SMILES string of the molecule is O=C(Nc1ccc(F)cc1)C(Oc1ccc2ccc(=O)oc2c1)c1ccccc1. The van der Waals surface area contributed by atoms with Crippen LogP contribution in [0.5, 0.6) is 5.75 Å². The maximum absolute atomic E-state index is 13.1. The van der Waals surface area contributed by atoms with Crippen molar-refractivity contribution < 1.29 is 18.3 Å². The van der Waals surface area contributed by atoms with Crippen LogP contribution in [0.15, 0.2) is 94.1 Å². The van der Waals surface area contributed by atoms with Gasteiger partial charge in [-0.15, -0.1) is 0 Å². The molecule has 1 atom stereocenters. The standard InChI is InChI=1S/C23H16FNO4/c24-17-8-10-18(11-9-17)25-23(27)22(16-4-2-1-3-5-16)28-19-12-6-15-7-13-21(26)29-20(15)14-19/h1-14,22H,(H,25,27). The summed E-state index contributed by atoms with van der Waals surface area (Å²) < 4.78 is 24.3. The van der Waals surface area contributed by atoms with Crippen molar-refractivity contribution in [3.8, 4) is 5.75 Å². The Balaban J connectivity index is 1.64. The summed E-state index contributed by atoms with van der Waals surface area (Å²) in [6.07, 6.45) is -0.964. The molecule has 1 aromatic heterocycles. The minimum atomic E-state index is -0.964. The molecule has 0 aliphatic rings. The van der Waals surface area contributed by atoms with Crippen LogP contribution in [-0.4, -0.2) is 5.91 Å². The summed E-state index contributed by atoms with van der Waals surface area (Å²) in [5, 5.41) is 3.47. The molecule has 0 spiro atoms. The first-order valence-electron chi connectivity index (χ1n) is 8.90. The Kier molecular flexibility index (Phi) is 5.07. The molecule has 0 bridgehead atoms. The highest BCUT2D eigenvalue weighted by Crippen LogP contribution is 2.26. The molecule has 0 saturated carbocycles. The number of carbonyl (C=O) groups excluding carboxylic acids is 1. The molecular formula is C23H16FNO4. The normalized spacial score (nSPS) is 11.8. The quantitative estimate of drug-likeness (QED) is 0.503. The summed E-state index contributed by atoms with van der Waals surface area (Å²) >= 11 is 0. The largest absolute Gasteiger partial charge is 0.476 e. The van der Waals surface area contributed by atoms with E-state index >= 15 is 0 Å². The van der Waals surface area contributed by atoms with Gasteiger partial charge < -0.3 is 14.5 Å². The van der Waals surface area contributed by atoms with Gasteiger partial charge in [0, 0.05) is 28.8 Å². The first kappa shape index (κ1) is 18.4. The number of amides is 1. The molecule has 144 valence electrons. The van der Waals surface area contributed by atoms with Crippen molar-refractivity contribution in [3.63, 3.8) is 0 Å². The number of fused-ring (bicyclic) bond motifs is 1. The monoisotopic (exact) mass is 389 g/mol. The van der Waals surface area contributed by atoms with Crippen molar-refractivity contribution in [2.45, 2.75) is 6.10 Å². The fraction of sp³-hybridized carbons (Fsp3) is 0.0435. The highest BCUT2D eigenvalue weighted by molar-refractivity contribution is 5.95. The summed E-state index contributed by atoms with van der Waals surface area (Å²) in [5.74, 6) is -0.441. The van der Waals surface area contributed by atoms with E-state index in [1.807, 2.05) is 6.07 Å². The van der Waals surface area contributed by atoms with E-state index in [2.05, 4.69) is 5.32 Å². The number of hydrogen-bond acceptors (Lipinski definition) is 4. The second-order valence-corrected chi connectivity index (χ2v) is 6.36. The van der Waals surface area contributed by atoms with E-state index in [4.69, 9.17) is 9.15 Å². The Morgan fingerprint density at radius 1 is 0.931 bits per heavy atom. The Hall–Kier alpha value is -3.93. The van der Waals surface area contributed by atoms with E-state index in [-0.39, 0.29) is 0 Å². The molecule has 3 aromatic carbocycles. The molecule has 0 saturated heterocycles. The van der Waals surface area contributed by atoms with Crippen LogP contribution < -0.4 is 15.7 Å². The molecule has 0 radical (unpaired) electrons. The van der Waals surface area contributed by atoms with Gasteiger partial charge in [-0.2, -0.15) is 0 Å². The van der Waals surface area contributed by atoms with Gasteiger partial charge in [0.2, 0.25) is 6.10 Å². The highest BCUT2D eigenvalue weighted by atomic mass is 19.1. The minimum absolute atomic E-state index is 0.362. The molecule has 0 fully saturated rings. The zero-order chi connectivity index (χ0) is 20.2. The zero-order valence-corrected chi connectivity index (χ0v) is 15.2. The fourth-order valence-electron chi connectivity index (χ4n) is 2.89. The van der Waals surface area contributed by atoms with Crippen LogP contribution in [-0.2, 0) is 4.79 Å². The van der Waals surface area contributed by atoms with Crippen molar-refractivity contribution in [1.29, 1.82) is 0 Å². The van der Waals surface area contributed by atoms with Crippen LogP contribution in [0.4, 0.5) is 10.1 Å². The summed E-state index contributed by atoms with van der Waals surface area (Å²) in [6.45, 7) is 0. The molecule has 6 heteroatoms. The highest BCUT2D eigenvalue weighted by Gasteiger charge is 2.23. The van der Waals surface area contributed by atoms with Crippen molar-refractivity contribution in [2.75, 3.05) is 5.32 Å². The average molecular weight is 389 g/mol. The van der Waals surface area contributed by atoms with Crippen molar-refractivity contribution in [3.05, 3.63) is 107 Å². The van der Waals surface area contributed by atoms with Crippen LogP contribution in [0.25, 0.3) is 11.0 Å². The van der Waals surface area contributed by atoms with Crippen LogP contribution in [0.1, 0.15) is 11.7 Å². The van der Waals surface area contributed by atoms with Gasteiger partial charge in [0.25, 0.3) is 5.91 Å². The third-order valence-corrected chi connectivity index (χ3v) is 4.30. The van der Waals surface area contributed by atoms with Gasteiger partial charge in [0.05, 0.1) is 0 Å². The summed E-state index contributed by atoms with van der Waals surface area (Å²) in [7, 11) is 0. The third kappa shape index (κ3) is 4.32. The summed E-state index contributed by atoms with van der Waals surface area (Å²) in [4.78, 5) is 24.4. The average Bonchev–Trinajstić information content (AvgIpc) is 2.74. The summed E-state index contributed by atoms with van der Waals surface area (Å²) in [5.41, 5.74) is 0.983. The number of rotatable bonds is 5. The van der Waals surface area contributed by atoms with E-state index in [9.17, 15) is 14.0 Å². The molecular weight excluding hydrogens is 373 g/mol. The van der Waals surface area contributed by atoms with Crippen molar-refractivity contribution in [2.24, 2.45) is 0 Å². The van der Waals surface area contributed by atoms with E-state index < -0.39 is 23.5 Å². The lowest BCUT2D eigenvalue weighted by atomic mass is 10.1. The van der Waals surface area contributed by atoms with Crippen LogP contribution in [0.2, 0.25) is 0 Å². The number of carbonyl (C=O) groups is 1. The lowest BCUT2D eigenvalue weighted by Gasteiger charge is -2.19. The first-order chi connectivity index (χ1) is 14.1. The van der Waals surface area contributed by atoms with Gasteiger partial charge in [-0.1, -0.05) is 30.3 Å². The second kappa shape index (κ2) is 7.98. The van der Waals surface area contributed by atoms with Gasteiger partial charge in [-0.05, 0) is 42.5 Å². The van der Waals surface area contributed by atoms with Gasteiger partial charge in [-0.25, -0.2) is 9.18 Å². The van der Waals surface area contributed by atoms with E-state index in [0.717, 1.165) is 5.39 Å². The van der Waals surface area contributed by atoms with Gasteiger partial charge >= 0.3 is 5.63 Å². The van der Waals surface area contributed by atoms with Crippen molar-refractivity contribution >= 4 is 22.6 Å². The fourth-order valence-corrected chi connectivity index (χ4v) is 2.89. The lowest BCUT2D eigenvalue weighted by molar-refractivity contribution is -0.123. The molecule has 1 heterocycles. The molecule has 4 aromatic rings. The van der Waals surface area contributed by atoms with Crippen LogP contribution >= 0.6 is 0 Å². The van der Waals surface area contributed by atoms with Crippen LogP contribution in [0.3, 0.4) is 0 Å². The predicted molar refractivity (Wildman–Crippen MR) is 107 cm³/mol. The Bertz CT molecular complexity index is 1200. The van der Waals surface area contributed by atoms with Gasteiger partial charge in [0.1, 0.15) is 17.1 Å². The van der Waals surface area contributed by atoms with E-state index in [0.29, 0.717) is 22.6 Å². The maximum atomic E-state index is 13.1. The van der Waals surface area contributed by atoms with E-state index in [1.54, 1.807) is 48.5 Å². The molecule has 0 aliphatic heterocycles. The second-order valence-electron chi connectivity index (χ2n) is 6.36. The predicted octanol–water partition coefficient (Wildman–Crippen LogP) is 4.69. The Morgan fingerprint density at radius 2 is 1.66 bits per heavy atom. The number of anilines is 1. The molecule has 5 nitrogen and oxygen atoms in total. The molecule has 1 N–H and O–H groups in total. The zero-order valence-electron chi connectivity index (χ0n) is 15.2. The topological polar surface area (TPSA) is 68.5 Å². The Labute approximate surface area is 165 Å². The molecule has 0 aliphatic carbocycles. The maximum Gasteiger partial charge on any atom is 0.336 e. The number of hydrogen-bond donors (Lipinski definition) is 1. The number of nitrogens with one attached hydrogen (secondary N) is 1. The van der Waals surface area contributed by atoms with Gasteiger partial charge in [-0.3, -0.25) is 4.79 Å². The van der Waals surface area contributed by atoms with Gasteiger partial charge in [0.15, 0.2) is 0 Å². The third-order valence-electron chi connectivity index (χ3n) is 4.30. The molecule has 4 rings (SSSR count). The van der Waals surface area contributed by atoms with Crippen LogP contribution in [0, 0.1) is 5.82 Å². The molecule has 29 heavy (non-hydrogen) atoms. The summed E-state index contributed by atoms with van der Waals surface area (Å²) in [6, 6.07) is 22.5. The smallest absolute Gasteiger partial charge is 0.336 e. The first-order valence-corrected chi connectivity index (χ1v) is 8.90. The van der Waals surface area contributed by atoms with Crippen molar-refractivity contribution in [1.82, 2.24) is 0 Å². The Morgan fingerprint density at radius 3 is 2.41 bits per heavy atom. The number of ether oxygens (including phenoxy) is 1. The lowest BCUT2D eigenvalue weighted by Crippen LogP contribution is -2.25. The number of benzene rings is 3. The number of halogens is 1.